The standard InChI is InChI=1S/C23H18FN3O/c1-15(17-6-2-4-8-20(17)24)26-23(28)19-14-22(16-10-12-25-13-11-16)27-21-9-5-3-7-18(19)21/h2-15H,1H3,(H,26,28). The average Bonchev–Trinajstić information content (AvgIpc) is 2.73. The first-order valence-corrected chi connectivity index (χ1v) is 8.99. The molecule has 138 valence electrons. The maximum atomic E-state index is 14.1. The molecule has 0 fully saturated rings. The van der Waals surface area contributed by atoms with Gasteiger partial charge in [0.2, 0.25) is 0 Å². The average molecular weight is 371 g/mol. The molecule has 0 radical (unpaired) electrons. The Morgan fingerprint density at radius 3 is 2.50 bits per heavy atom. The first-order chi connectivity index (χ1) is 13.6. The summed E-state index contributed by atoms with van der Waals surface area (Å²) in [6, 6.07) is 18.9. The Kier molecular flexibility index (Phi) is 4.81. The maximum absolute atomic E-state index is 14.1. The van der Waals surface area contributed by atoms with E-state index in [0.29, 0.717) is 16.8 Å². The van der Waals surface area contributed by atoms with Crippen molar-refractivity contribution < 1.29 is 9.18 Å². The van der Waals surface area contributed by atoms with Crippen LogP contribution in [0.25, 0.3) is 22.2 Å². The lowest BCUT2D eigenvalue weighted by molar-refractivity contribution is 0.0941. The molecule has 4 rings (SSSR count). The van der Waals surface area contributed by atoms with Gasteiger partial charge in [0.25, 0.3) is 5.91 Å². The second-order valence-electron chi connectivity index (χ2n) is 6.52. The molecule has 0 saturated heterocycles. The minimum atomic E-state index is -0.468. The molecular weight excluding hydrogens is 353 g/mol. The van der Waals surface area contributed by atoms with E-state index in [2.05, 4.69) is 15.3 Å². The second kappa shape index (κ2) is 7.56. The molecule has 0 aliphatic heterocycles. The minimum Gasteiger partial charge on any atom is -0.345 e. The van der Waals surface area contributed by atoms with Gasteiger partial charge in [-0.25, -0.2) is 9.37 Å². The van der Waals surface area contributed by atoms with Crippen LogP contribution in [-0.2, 0) is 0 Å². The number of hydrogen-bond donors (Lipinski definition) is 1. The Labute approximate surface area is 162 Å². The van der Waals surface area contributed by atoms with Gasteiger partial charge in [-0.1, -0.05) is 36.4 Å². The van der Waals surface area contributed by atoms with Crippen LogP contribution in [0.1, 0.15) is 28.9 Å². The lowest BCUT2D eigenvalue weighted by Gasteiger charge is -2.16. The highest BCUT2D eigenvalue weighted by Crippen LogP contribution is 2.25. The van der Waals surface area contributed by atoms with Crippen molar-refractivity contribution in [2.24, 2.45) is 0 Å². The number of rotatable bonds is 4. The van der Waals surface area contributed by atoms with Gasteiger partial charge in [-0.05, 0) is 37.3 Å². The predicted molar refractivity (Wildman–Crippen MR) is 107 cm³/mol. The van der Waals surface area contributed by atoms with Crippen LogP contribution in [0.5, 0.6) is 0 Å². The zero-order valence-electron chi connectivity index (χ0n) is 15.3. The van der Waals surface area contributed by atoms with E-state index in [9.17, 15) is 9.18 Å². The van der Waals surface area contributed by atoms with E-state index in [1.807, 2.05) is 36.4 Å². The number of carbonyl (C=O) groups is 1. The van der Waals surface area contributed by atoms with Crippen molar-refractivity contribution in [1.29, 1.82) is 0 Å². The molecule has 2 heterocycles. The van der Waals surface area contributed by atoms with Gasteiger partial charge in [0.1, 0.15) is 5.82 Å². The molecule has 2 aromatic heterocycles. The molecule has 0 saturated carbocycles. The normalized spacial score (nSPS) is 11.9. The van der Waals surface area contributed by atoms with Gasteiger partial charge in [0, 0.05) is 28.9 Å². The van der Waals surface area contributed by atoms with Gasteiger partial charge < -0.3 is 5.32 Å². The highest BCUT2D eigenvalue weighted by atomic mass is 19.1. The Balaban J connectivity index is 1.75. The van der Waals surface area contributed by atoms with Crippen LogP contribution in [0.2, 0.25) is 0 Å². The molecule has 1 unspecified atom stereocenters. The van der Waals surface area contributed by atoms with Crippen LogP contribution < -0.4 is 5.32 Å². The number of halogens is 1. The van der Waals surface area contributed by atoms with Crippen LogP contribution in [0.15, 0.2) is 79.1 Å². The molecule has 0 aliphatic carbocycles. The third-order valence-electron chi connectivity index (χ3n) is 4.66. The molecule has 5 heteroatoms. The molecule has 28 heavy (non-hydrogen) atoms. The number of aromatic nitrogens is 2. The fourth-order valence-electron chi connectivity index (χ4n) is 3.21. The zero-order valence-corrected chi connectivity index (χ0v) is 15.3. The number of nitrogens with zero attached hydrogens (tertiary/aromatic N) is 2. The van der Waals surface area contributed by atoms with Crippen LogP contribution >= 0.6 is 0 Å². The van der Waals surface area contributed by atoms with Crippen LogP contribution in [-0.4, -0.2) is 15.9 Å². The molecule has 1 atom stereocenters. The number of nitrogens with one attached hydrogen (secondary N) is 1. The lowest BCUT2D eigenvalue weighted by atomic mass is 10.0. The summed E-state index contributed by atoms with van der Waals surface area (Å²) in [5.41, 5.74) is 3.23. The molecule has 0 bridgehead atoms. The van der Waals surface area contributed by atoms with Crippen molar-refractivity contribution in [3.05, 3.63) is 96.1 Å². The van der Waals surface area contributed by atoms with Crippen molar-refractivity contribution >= 4 is 16.8 Å². The van der Waals surface area contributed by atoms with Crippen molar-refractivity contribution in [1.82, 2.24) is 15.3 Å². The molecular formula is C23H18FN3O. The fraction of sp³-hybridized carbons (Fsp3) is 0.0870. The summed E-state index contributed by atoms with van der Waals surface area (Å²) in [4.78, 5) is 21.8. The highest BCUT2D eigenvalue weighted by Gasteiger charge is 2.18. The fourth-order valence-corrected chi connectivity index (χ4v) is 3.21. The van der Waals surface area contributed by atoms with E-state index in [0.717, 1.165) is 16.5 Å². The van der Waals surface area contributed by atoms with E-state index in [-0.39, 0.29) is 11.7 Å². The number of para-hydroxylation sites is 1. The molecule has 0 aliphatic rings. The first kappa shape index (κ1) is 17.8. The smallest absolute Gasteiger partial charge is 0.252 e. The second-order valence-corrected chi connectivity index (χ2v) is 6.52. The highest BCUT2D eigenvalue weighted by molar-refractivity contribution is 6.07. The maximum Gasteiger partial charge on any atom is 0.252 e. The van der Waals surface area contributed by atoms with Gasteiger partial charge in [0.05, 0.1) is 22.8 Å². The molecule has 1 N–H and O–H groups in total. The quantitative estimate of drug-likeness (QED) is 0.554. The molecule has 4 aromatic rings. The van der Waals surface area contributed by atoms with Gasteiger partial charge in [0.15, 0.2) is 0 Å². The largest absolute Gasteiger partial charge is 0.345 e. The van der Waals surface area contributed by atoms with Crippen molar-refractivity contribution in [3.8, 4) is 11.3 Å². The summed E-state index contributed by atoms with van der Waals surface area (Å²) >= 11 is 0. The summed E-state index contributed by atoms with van der Waals surface area (Å²) in [7, 11) is 0. The molecule has 2 aromatic carbocycles. The Bertz CT molecular complexity index is 1140. The number of carbonyl (C=O) groups excluding carboxylic acids is 1. The number of benzene rings is 2. The monoisotopic (exact) mass is 371 g/mol. The molecule has 4 nitrogen and oxygen atoms in total. The number of hydrogen-bond acceptors (Lipinski definition) is 3. The van der Waals surface area contributed by atoms with Crippen LogP contribution in [0, 0.1) is 5.82 Å². The molecule has 1 amide bonds. The van der Waals surface area contributed by atoms with Gasteiger partial charge in [-0.2, -0.15) is 0 Å². The van der Waals surface area contributed by atoms with Gasteiger partial charge in [-0.15, -0.1) is 0 Å². The third-order valence-corrected chi connectivity index (χ3v) is 4.66. The predicted octanol–water partition coefficient (Wildman–Crippen LogP) is 4.93. The third kappa shape index (κ3) is 3.47. The van der Waals surface area contributed by atoms with Gasteiger partial charge in [-0.3, -0.25) is 9.78 Å². The SMILES string of the molecule is CC(NC(=O)c1cc(-c2ccncc2)nc2ccccc12)c1ccccc1F. The summed E-state index contributed by atoms with van der Waals surface area (Å²) in [5.74, 6) is -0.614. The number of pyridine rings is 2. The Morgan fingerprint density at radius 1 is 1.00 bits per heavy atom. The first-order valence-electron chi connectivity index (χ1n) is 8.99. The van der Waals surface area contributed by atoms with Crippen LogP contribution in [0.3, 0.4) is 0 Å². The Hall–Kier alpha value is -3.60. The van der Waals surface area contributed by atoms with E-state index in [4.69, 9.17) is 0 Å². The van der Waals surface area contributed by atoms with Crippen molar-refractivity contribution in [3.63, 3.8) is 0 Å². The van der Waals surface area contributed by atoms with Crippen LogP contribution in [0.4, 0.5) is 4.39 Å². The van der Waals surface area contributed by atoms with E-state index < -0.39 is 6.04 Å². The van der Waals surface area contributed by atoms with E-state index in [1.165, 1.54) is 6.07 Å². The van der Waals surface area contributed by atoms with Crippen molar-refractivity contribution in [2.75, 3.05) is 0 Å². The number of amides is 1. The summed E-state index contributed by atoms with van der Waals surface area (Å²) in [5, 5.41) is 3.65. The summed E-state index contributed by atoms with van der Waals surface area (Å²) < 4.78 is 14.1. The van der Waals surface area contributed by atoms with E-state index in [1.54, 1.807) is 43.6 Å². The molecule has 0 spiro atoms. The lowest BCUT2D eigenvalue weighted by Crippen LogP contribution is -2.27. The van der Waals surface area contributed by atoms with Gasteiger partial charge >= 0.3 is 0 Å². The zero-order chi connectivity index (χ0) is 19.5. The minimum absolute atomic E-state index is 0.273. The van der Waals surface area contributed by atoms with E-state index >= 15 is 0 Å². The van der Waals surface area contributed by atoms with Crippen molar-refractivity contribution in [2.45, 2.75) is 13.0 Å². The Morgan fingerprint density at radius 2 is 1.71 bits per heavy atom. The topological polar surface area (TPSA) is 54.9 Å². The summed E-state index contributed by atoms with van der Waals surface area (Å²) in [6.45, 7) is 1.77. The summed E-state index contributed by atoms with van der Waals surface area (Å²) in [6.07, 6.45) is 3.37. The number of fused-ring (bicyclic) bond motifs is 1.